The number of hydrogen-bond donors (Lipinski definition) is 2. The van der Waals surface area contributed by atoms with Crippen LogP contribution in [0.15, 0.2) is 18.2 Å². The molecule has 1 aliphatic carbocycles. The molecule has 0 bridgehead atoms. The monoisotopic (exact) mass is 225 g/mol. The number of aromatic hydroxyl groups is 1. The van der Waals surface area contributed by atoms with E-state index in [1.54, 1.807) is 12.1 Å². The van der Waals surface area contributed by atoms with Gasteiger partial charge in [0.25, 0.3) is 0 Å². The summed E-state index contributed by atoms with van der Waals surface area (Å²) in [6.07, 6.45) is 3.81. The summed E-state index contributed by atoms with van der Waals surface area (Å²) in [7, 11) is 0. The third-order valence-electron chi connectivity index (χ3n) is 3.16. The Kier molecular flexibility index (Phi) is 3.06. The highest BCUT2D eigenvalue weighted by Gasteiger charge is 2.22. The van der Waals surface area contributed by atoms with E-state index >= 15 is 0 Å². The van der Waals surface area contributed by atoms with Crippen LogP contribution in [0.5, 0.6) is 5.75 Å². The Morgan fingerprint density at radius 2 is 2.20 bits per heavy atom. The molecule has 0 aliphatic heterocycles. The van der Waals surface area contributed by atoms with Crippen molar-refractivity contribution >= 4 is 17.3 Å². The molecule has 2 nitrogen and oxygen atoms in total. The Balaban J connectivity index is 2.07. The summed E-state index contributed by atoms with van der Waals surface area (Å²) in [6.45, 7) is 2.27. The molecule has 0 spiro atoms. The topological polar surface area (TPSA) is 32.3 Å². The SMILES string of the molecule is CC1CCCC1Nc1ccc(O)c(Cl)c1. The minimum Gasteiger partial charge on any atom is -0.506 e. The Morgan fingerprint density at radius 1 is 1.40 bits per heavy atom. The number of anilines is 1. The fourth-order valence-electron chi connectivity index (χ4n) is 2.17. The number of rotatable bonds is 2. The first-order valence-electron chi connectivity index (χ1n) is 5.42. The number of nitrogens with one attached hydrogen (secondary N) is 1. The zero-order valence-electron chi connectivity index (χ0n) is 8.83. The average Bonchev–Trinajstić information content (AvgIpc) is 2.59. The third kappa shape index (κ3) is 2.37. The van der Waals surface area contributed by atoms with Crippen LogP contribution >= 0.6 is 11.6 Å². The van der Waals surface area contributed by atoms with E-state index in [1.807, 2.05) is 6.07 Å². The molecular weight excluding hydrogens is 210 g/mol. The predicted molar refractivity (Wildman–Crippen MR) is 63.5 cm³/mol. The molecule has 1 aliphatic rings. The maximum atomic E-state index is 9.30. The van der Waals surface area contributed by atoms with Crippen molar-refractivity contribution in [3.8, 4) is 5.75 Å². The minimum atomic E-state index is 0.140. The summed E-state index contributed by atoms with van der Waals surface area (Å²) in [5, 5.41) is 13.2. The molecule has 2 N–H and O–H groups in total. The maximum absolute atomic E-state index is 9.30. The van der Waals surface area contributed by atoms with Crippen LogP contribution in [-0.4, -0.2) is 11.1 Å². The molecule has 1 fully saturated rings. The second-order valence-corrected chi connectivity index (χ2v) is 4.73. The fraction of sp³-hybridized carbons (Fsp3) is 0.500. The van der Waals surface area contributed by atoms with Gasteiger partial charge in [0.05, 0.1) is 5.02 Å². The molecule has 1 aromatic rings. The van der Waals surface area contributed by atoms with Gasteiger partial charge in [0, 0.05) is 11.7 Å². The molecular formula is C12H16ClNO. The first-order valence-corrected chi connectivity index (χ1v) is 5.79. The molecule has 3 heteroatoms. The van der Waals surface area contributed by atoms with Crippen molar-refractivity contribution in [2.45, 2.75) is 32.2 Å². The first kappa shape index (κ1) is 10.6. The van der Waals surface area contributed by atoms with Gasteiger partial charge in [0.15, 0.2) is 0 Å². The van der Waals surface area contributed by atoms with Gasteiger partial charge in [0.2, 0.25) is 0 Å². The van der Waals surface area contributed by atoms with Crippen molar-refractivity contribution in [2.24, 2.45) is 5.92 Å². The predicted octanol–water partition coefficient (Wildman–Crippen LogP) is 3.65. The molecule has 0 saturated heterocycles. The van der Waals surface area contributed by atoms with E-state index in [0.29, 0.717) is 11.1 Å². The highest BCUT2D eigenvalue weighted by atomic mass is 35.5. The van der Waals surface area contributed by atoms with E-state index in [9.17, 15) is 5.11 Å². The van der Waals surface area contributed by atoms with Gasteiger partial charge in [-0.2, -0.15) is 0 Å². The lowest BCUT2D eigenvalue weighted by Crippen LogP contribution is -2.21. The largest absolute Gasteiger partial charge is 0.506 e. The Morgan fingerprint density at radius 3 is 2.80 bits per heavy atom. The zero-order valence-corrected chi connectivity index (χ0v) is 9.59. The van der Waals surface area contributed by atoms with Gasteiger partial charge in [-0.15, -0.1) is 0 Å². The van der Waals surface area contributed by atoms with E-state index in [-0.39, 0.29) is 5.75 Å². The average molecular weight is 226 g/mol. The van der Waals surface area contributed by atoms with Crippen molar-refractivity contribution < 1.29 is 5.11 Å². The van der Waals surface area contributed by atoms with Crippen LogP contribution in [0, 0.1) is 5.92 Å². The number of hydrogen-bond acceptors (Lipinski definition) is 2. The van der Waals surface area contributed by atoms with Crippen LogP contribution in [0.4, 0.5) is 5.69 Å². The van der Waals surface area contributed by atoms with E-state index in [1.165, 1.54) is 19.3 Å². The second kappa shape index (κ2) is 4.31. The van der Waals surface area contributed by atoms with E-state index in [4.69, 9.17) is 11.6 Å². The van der Waals surface area contributed by atoms with E-state index < -0.39 is 0 Å². The maximum Gasteiger partial charge on any atom is 0.134 e. The second-order valence-electron chi connectivity index (χ2n) is 4.33. The van der Waals surface area contributed by atoms with Crippen LogP contribution in [0.25, 0.3) is 0 Å². The van der Waals surface area contributed by atoms with Gasteiger partial charge in [-0.25, -0.2) is 0 Å². The molecule has 2 rings (SSSR count). The molecule has 82 valence electrons. The summed E-state index contributed by atoms with van der Waals surface area (Å²) in [6, 6.07) is 5.82. The smallest absolute Gasteiger partial charge is 0.134 e. The zero-order chi connectivity index (χ0) is 10.8. The van der Waals surface area contributed by atoms with Crippen molar-refractivity contribution in [3.63, 3.8) is 0 Å². The summed E-state index contributed by atoms with van der Waals surface area (Å²) in [4.78, 5) is 0. The number of phenolic OH excluding ortho intramolecular Hbond substituents is 1. The van der Waals surface area contributed by atoms with E-state index in [2.05, 4.69) is 12.2 Å². The van der Waals surface area contributed by atoms with Crippen molar-refractivity contribution in [2.75, 3.05) is 5.32 Å². The number of phenols is 1. The van der Waals surface area contributed by atoms with Crippen molar-refractivity contribution in [1.82, 2.24) is 0 Å². The molecule has 1 saturated carbocycles. The molecule has 1 aromatic carbocycles. The highest BCUT2D eigenvalue weighted by molar-refractivity contribution is 6.32. The Labute approximate surface area is 95.3 Å². The van der Waals surface area contributed by atoms with Crippen LogP contribution < -0.4 is 5.32 Å². The van der Waals surface area contributed by atoms with Crippen LogP contribution in [-0.2, 0) is 0 Å². The van der Waals surface area contributed by atoms with Gasteiger partial charge in [-0.1, -0.05) is 24.9 Å². The van der Waals surface area contributed by atoms with E-state index in [0.717, 1.165) is 11.6 Å². The lowest BCUT2D eigenvalue weighted by atomic mass is 10.1. The Bertz CT molecular complexity index is 353. The van der Waals surface area contributed by atoms with Crippen LogP contribution in [0.1, 0.15) is 26.2 Å². The van der Waals surface area contributed by atoms with Gasteiger partial charge in [0.1, 0.15) is 5.75 Å². The van der Waals surface area contributed by atoms with Gasteiger partial charge < -0.3 is 10.4 Å². The summed E-state index contributed by atoms with van der Waals surface area (Å²) >= 11 is 5.85. The summed E-state index contributed by atoms with van der Waals surface area (Å²) < 4.78 is 0. The molecule has 2 unspecified atom stereocenters. The highest BCUT2D eigenvalue weighted by Crippen LogP contribution is 2.31. The molecule has 0 heterocycles. The van der Waals surface area contributed by atoms with Crippen LogP contribution in [0.2, 0.25) is 5.02 Å². The summed E-state index contributed by atoms with van der Waals surface area (Å²) in [5.41, 5.74) is 0.997. The van der Waals surface area contributed by atoms with Gasteiger partial charge in [-0.3, -0.25) is 0 Å². The van der Waals surface area contributed by atoms with Crippen molar-refractivity contribution in [3.05, 3.63) is 23.2 Å². The number of benzene rings is 1. The molecule has 0 amide bonds. The first-order chi connectivity index (χ1) is 7.16. The van der Waals surface area contributed by atoms with Gasteiger partial charge in [-0.05, 0) is 37.0 Å². The third-order valence-corrected chi connectivity index (χ3v) is 3.46. The fourth-order valence-corrected chi connectivity index (χ4v) is 2.35. The lowest BCUT2D eigenvalue weighted by molar-refractivity contribution is 0.475. The Hall–Kier alpha value is -0.890. The molecule has 15 heavy (non-hydrogen) atoms. The van der Waals surface area contributed by atoms with Crippen molar-refractivity contribution in [1.29, 1.82) is 0 Å². The summed E-state index contributed by atoms with van der Waals surface area (Å²) in [5.74, 6) is 0.860. The minimum absolute atomic E-state index is 0.140. The lowest BCUT2D eigenvalue weighted by Gasteiger charge is -2.18. The molecule has 0 radical (unpaired) electrons. The van der Waals surface area contributed by atoms with Crippen LogP contribution in [0.3, 0.4) is 0 Å². The molecule has 2 atom stereocenters. The standard InChI is InChI=1S/C12H16ClNO/c1-8-3-2-4-11(8)14-9-5-6-12(15)10(13)7-9/h5-8,11,14-15H,2-4H2,1H3. The normalized spacial score (nSPS) is 25.5. The van der Waals surface area contributed by atoms with Gasteiger partial charge >= 0.3 is 0 Å². The quantitative estimate of drug-likeness (QED) is 0.754. The molecule has 0 aromatic heterocycles. The number of halogens is 1.